The lowest BCUT2D eigenvalue weighted by molar-refractivity contribution is 0.917. The van der Waals surface area contributed by atoms with Crippen molar-refractivity contribution in [2.45, 2.75) is 0 Å². The summed E-state index contributed by atoms with van der Waals surface area (Å²) in [5, 5.41) is 3.21. The zero-order valence-electron chi connectivity index (χ0n) is 12.9. The van der Waals surface area contributed by atoms with E-state index in [9.17, 15) is 0 Å². The van der Waals surface area contributed by atoms with Gasteiger partial charge in [0.25, 0.3) is 0 Å². The van der Waals surface area contributed by atoms with Crippen LogP contribution < -0.4 is 11.1 Å². The fourth-order valence-electron chi connectivity index (χ4n) is 2.39. The molecule has 0 bridgehead atoms. The Kier molecular flexibility index (Phi) is 3.27. The second-order valence-electron chi connectivity index (χ2n) is 5.27. The van der Waals surface area contributed by atoms with Gasteiger partial charge in [-0.1, -0.05) is 0 Å². The van der Waals surface area contributed by atoms with E-state index in [2.05, 4.69) is 25.3 Å². The van der Waals surface area contributed by atoms with E-state index < -0.39 is 0 Å². The summed E-state index contributed by atoms with van der Waals surface area (Å²) in [5.41, 5.74) is 9.53. The number of fused-ring (bicyclic) bond motifs is 1. The highest BCUT2D eigenvalue weighted by molar-refractivity contribution is 5.88. The molecule has 118 valence electrons. The van der Waals surface area contributed by atoms with E-state index in [1.165, 1.54) is 6.33 Å². The molecule has 0 saturated carbocycles. The number of nitrogens with two attached hydrogens (primary N) is 1. The van der Waals surface area contributed by atoms with Gasteiger partial charge in [-0.05, 0) is 24.3 Å². The van der Waals surface area contributed by atoms with E-state index in [0.29, 0.717) is 17.2 Å². The minimum atomic E-state index is 0.463. The summed E-state index contributed by atoms with van der Waals surface area (Å²) in [6.45, 7) is 0. The van der Waals surface area contributed by atoms with Crippen molar-refractivity contribution in [1.82, 2.24) is 29.5 Å². The molecule has 4 rings (SSSR count). The van der Waals surface area contributed by atoms with Gasteiger partial charge in [-0.3, -0.25) is 0 Å². The number of rotatable bonds is 3. The molecule has 4 heterocycles. The largest absolute Gasteiger partial charge is 0.384 e. The molecule has 0 aliphatic rings. The van der Waals surface area contributed by atoms with Crippen molar-refractivity contribution in [3.05, 3.63) is 49.3 Å². The van der Waals surface area contributed by atoms with Crippen molar-refractivity contribution in [2.24, 2.45) is 7.05 Å². The molecule has 0 saturated heterocycles. The number of nitrogens with one attached hydrogen (secondary N) is 1. The first-order valence-corrected chi connectivity index (χ1v) is 7.28. The lowest BCUT2D eigenvalue weighted by atomic mass is 10.2. The van der Waals surface area contributed by atoms with E-state index in [1.807, 2.05) is 29.8 Å². The van der Waals surface area contributed by atoms with Crippen LogP contribution in [0.25, 0.3) is 22.4 Å². The van der Waals surface area contributed by atoms with Crippen LogP contribution in [-0.2, 0) is 7.05 Å². The number of imidazole rings is 1. The Morgan fingerprint density at radius 3 is 2.71 bits per heavy atom. The van der Waals surface area contributed by atoms with Gasteiger partial charge < -0.3 is 15.6 Å². The monoisotopic (exact) mass is 318 g/mol. The molecular formula is C16H14N8. The number of nitrogen functional groups attached to an aromatic ring is 1. The summed E-state index contributed by atoms with van der Waals surface area (Å²) >= 11 is 0. The molecule has 8 heteroatoms. The van der Waals surface area contributed by atoms with Crippen LogP contribution in [0.15, 0.2) is 49.3 Å². The van der Waals surface area contributed by atoms with Crippen molar-refractivity contribution in [1.29, 1.82) is 0 Å². The second kappa shape index (κ2) is 5.58. The van der Waals surface area contributed by atoms with Crippen LogP contribution in [0.2, 0.25) is 0 Å². The molecule has 4 aromatic heterocycles. The number of aromatic nitrogens is 6. The van der Waals surface area contributed by atoms with Crippen LogP contribution in [0.3, 0.4) is 0 Å². The molecule has 0 radical (unpaired) electrons. The molecule has 0 aliphatic carbocycles. The molecule has 0 aliphatic heterocycles. The summed E-state index contributed by atoms with van der Waals surface area (Å²) in [5.74, 6) is 1.07. The molecule has 0 unspecified atom stereocenters. The van der Waals surface area contributed by atoms with Crippen molar-refractivity contribution < 1.29 is 0 Å². The van der Waals surface area contributed by atoms with E-state index >= 15 is 0 Å². The highest BCUT2D eigenvalue weighted by Crippen LogP contribution is 2.24. The number of anilines is 3. The topological polar surface area (TPSA) is 107 Å². The van der Waals surface area contributed by atoms with E-state index in [0.717, 1.165) is 22.6 Å². The molecule has 24 heavy (non-hydrogen) atoms. The normalized spacial score (nSPS) is 10.9. The molecule has 0 amide bonds. The zero-order valence-corrected chi connectivity index (χ0v) is 12.9. The highest BCUT2D eigenvalue weighted by atomic mass is 15.1. The molecule has 0 atom stereocenters. The predicted molar refractivity (Wildman–Crippen MR) is 91.5 cm³/mol. The third-order valence-corrected chi connectivity index (χ3v) is 3.61. The summed E-state index contributed by atoms with van der Waals surface area (Å²) in [4.78, 5) is 21.5. The zero-order chi connectivity index (χ0) is 16.5. The number of hydrogen-bond acceptors (Lipinski definition) is 7. The fraction of sp³-hybridized carbons (Fsp3) is 0.0625. The third-order valence-electron chi connectivity index (χ3n) is 3.61. The summed E-state index contributed by atoms with van der Waals surface area (Å²) in [7, 11) is 1.93. The highest BCUT2D eigenvalue weighted by Gasteiger charge is 2.10. The van der Waals surface area contributed by atoms with Crippen LogP contribution in [0.5, 0.6) is 0 Å². The van der Waals surface area contributed by atoms with Gasteiger partial charge in [0.2, 0.25) is 0 Å². The first kappa shape index (κ1) is 14.1. The van der Waals surface area contributed by atoms with Gasteiger partial charge in [0.05, 0.1) is 41.3 Å². The Labute approximate surface area is 137 Å². The second-order valence-corrected chi connectivity index (χ2v) is 5.27. The Morgan fingerprint density at radius 1 is 1.04 bits per heavy atom. The summed E-state index contributed by atoms with van der Waals surface area (Å²) in [6, 6.07) is 7.39. The fourth-order valence-corrected chi connectivity index (χ4v) is 2.39. The van der Waals surface area contributed by atoms with Crippen LogP contribution in [0, 0.1) is 0 Å². The average molecular weight is 318 g/mol. The van der Waals surface area contributed by atoms with Gasteiger partial charge in [0.1, 0.15) is 17.7 Å². The van der Waals surface area contributed by atoms with Crippen molar-refractivity contribution >= 4 is 28.4 Å². The molecular weight excluding hydrogens is 304 g/mol. The van der Waals surface area contributed by atoms with Gasteiger partial charge in [-0.2, -0.15) is 0 Å². The lowest BCUT2D eigenvalue weighted by Gasteiger charge is -2.09. The molecule has 8 nitrogen and oxygen atoms in total. The minimum absolute atomic E-state index is 0.463. The maximum Gasteiger partial charge on any atom is 0.160 e. The molecule has 0 spiro atoms. The van der Waals surface area contributed by atoms with E-state index in [-0.39, 0.29) is 0 Å². The quantitative estimate of drug-likeness (QED) is 0.596. The first-order valence-electron chi connectivity index (χ1n) is 7.28. The molecule has 4 aromatic rings. The molecule has 0 fully saturated rings. The average Bonchev–Trinajstić information content (AvgIpc) is 3.03. The van der Waals surface area contributed by atoms with E-state index in [1.54, 1.807) is 24.8 Å². The molecule has 3 N–H and O–H groups in total. The van der Waals surface area contributed by atoms with Gasteiger partial charge in [0, 0.05) is 7.05 Å². The van der Waals surface area contributed by atoms with Gasteiger partial charge in [0.15, 0.2) is 5.82 Å². The van der Waals surface area contributed by atoms with Crippen LogP contribution in [-0.4, -0.2) is 29.5 Å². The van der Waals surface area contributed by atoms with Crippen LogP contribution in [0.1, 0.15) is 0 Å². The SMILES string of the molecule is Cn1cncc1-c1ccc2ncnc(Nc3ccc(N)nc3)c2n1. The van der Waals surface area contributed by atoms with E-state index in [4.69, 9.17) is 10.7 Å². The van der Waals surface area contributed by atoms with Crippen molar-refractivity contribution in [3.8, 4) is 11.4 Å². The Balaban J connectivity index is 1.80. The Hall–Kier alpha value is -3.55. The lowest BCUT2D eigenvalue weighted by Crippen LogP contribution is -2.00. The summed E-state index contributed by atoms with van der Waals surface area (Å²) in [6.07, 6.45) is 6.66. The standard InChI is InChI=1S/C16H14N8/c1-24-9-18-7-13(24)11-3-4-12-15(23-11)16(21-8-20-12)22-10-2-5-14(17)19-6-10/h2-9H,1H3,(H2,17,19)(H,20,21,22). The number of nitrogens with zero attached hydrogens (tertiary/aromatic N) is 6. The smallest absolute Gasteiger partial charge is 0.160 e. The minimum Gasteiger partial charge on any atom is -0.384 e. The number of hydrogen-bond donors (Lipinski definition) is 2. The van der Waals surface area contributed by atoms with Gasteiger partial charge in [-0.15, -0.1) is 0 Å². The maximum absolute atomic E-state index is 5.61. The van der Waals surface area contributed by atoms with Crippen molar-refractivity contribution in [2.75, 3.05) is 11.1 Å². The number of aryl methyl sites for hydroxylation is 1. The van der Waals surface area contributed by atoms with Crippen molar-refractivity contribution in [3.63, 3.8) is 0 Å². The van der Waals surface area contributed by atoms with Gasteiger partial charge in [-0.25, -0.2) is 24.9 Å². The number of pyridine rings is 2. The van der Waals surface area contributed by atoms with Gasteiger partial charge >= 0.3 is 0 Å². The first-order chi connectivity index (χ1) is 11.7. The summed E-state index contributed by atoms with van der Waals surface area (Å²) < 4.78 is 1.91. The van der Waals surface area contributed by atoms with Crippen LogP contribution in [0.4, 0.5) is 17.3 Å². The van der Waals surface area contributed by atoms with Crippen LogP contribution >= 0.6 is 0 Å². The Bertz CT molecular complexity index is 1010. The predicted octanol–water partition coefficient (Wildman–Crippen LogP) is 2.15. The third kappa shape index (κ3) is 2.50. The maximum atomic E-state index is 5.61. The Morgan fingerprint density at radius 2 is 1.96 bits per heavy atom. The molecule has 0 aromatic carbocycles.